The fraction of sp³-hybridized carbons (Fsp3) is 0.529. The molecule has 176 valence electrons. The first kappa shape index (κ1) is 23.6. The summed E-state index contributed by atoms with van der Waals surface area (Å²) in [6.45, 7) is 0. The maximum absolute atomic E-state index is 12.1. The zero-order chi connectivity index (χ0) is 23.7. The molecule has 3 heterocycles. The first-order valence-electron chi connectivity index (χ1n) is 9.22. The zero-order valence-corrected chi connectivity index (χ0v) is 16.6. The summed E-state index contributed by atoms with van der Waals surface area (Å²) in [6.07, 6.45) is -10.6. The van der Waals surface area contributed by atoms with Crippen molar-refractivity contribution in [3.8, 4) is 0 Å². The Labute approximate surface area is 178 Å². The van der Waals surface area contributed by atoms with Crippen LogP contribution in [0.5, 0.6) is 0 Å². The summed E-state index contributed by atoms with van der Waals surface area (Å²) in [5, 5.41) is 30.6. The van der Waals surface area contributed by atoms with Crippen molar-refractivity contribution in [2.24, 2.45) is 11.5 Å². The summed E-state index contributed by atoms with van der Waals surface area (Å²) < 4.78 is 22.2. The SMILES string of the molecule is CO[C@H]1[C@@H](O)[C@H](n2ccc(=O)[nH]c2=O)O[C@@H]1[C@@H](O[C@H]1OC(C(N)=O)=C[C@H](O)[C@@H]1O)C(N)=O. The van der Waals surface area contributed by atoms with Crippen LogP contribution in [0.4, 0.5) is 0 Å². The maximum Gasteiger partial charge on any atom is 0.330 e. The third-order valence-corrected chi connectivity index (χ3v) is 4.94. The number of hydrogen-bond acceptors (Lipinski definition) is 11. The number of H-pyrrole nitrogens is 1. The van der Waals surface area contributed by atoms with Gasteiger partial charge in [-0.05, 0) is 6.08 Å². The molecule has 2 amide bonds. The molecule has 1 aromatic rings. The van der Waals surface area contributed by atoms with E-state index in [0.717, 1.165) is 22.9 Å². The lowest BCUT2D eigenvalue weighted by Crippen LogP contribution is -2.53. The monoisotopic (exact) mass is 458 g/mol. The molecule has 1 fully saturated rings. The number of carbonyl (C=O) groups excluding carboxylic acids is 2. The second-order valence-electron chi connectivity index (χ2n) is 7.02. The highest BCUT2D eigenvalue weighted by Gasteiger charge is 2.52. The van der Waals surface area contributed by atoms with Crippen LogP contribution in [0.3, 0.4) is 0 Å². The Kier molecular flexibility index (Phi) is 6.77. The van der Waals surface area contributed by atoms with Gasteiger partial charge in [0.25, 0.3) is 11.5 Å². The number of ether oxygens (including phenoxy) is 4. The van der Waals surface area contributed by atoms with E-state index in [1.165, 1.54) is 7.11 Å². The standard InChI is InChI=1S/C17H22N4O11/c1-29-10-9(25)15(21-3-2-7(23)20-17(21)28)31-11(10)12(14(19)27)32-16-8(24)5(22)4-6(30-16)13(18)26/h2-5,8-12,15-16,22,24-25H,1H3,(H2,18,26)(H2,19,27)(H,20,23,28)/t5-,8-,9+,10-,11-,12+,15+,16+/m0/s1. The predicted octanol–water partition coefficient (Wildman–Crippen LogP) is -4.87. The Balaban J connectivity index is 1.89. The van der Waals surface area contributed by atoms with Gasteiger partial charge in [0.1, 0.15) is 30.5 Å². The van der Waals surface area contributed by atoms with Gasteiger partial charge in [0, 0.05) is 19.4 Å². The summed E-state index contributed by atoms with van der Waals surface area (Å²) in [7, 11) is 1.18. The first-order valence-corrected chi connectivity index (χ1v) is 9.22. The summed E-state index contributed by atoms with van der Waals surface area (Å²) in [4.78, 5) is 48.9. The zero-order valence-electron chi connectivity index (χ0n) is 16.6. The number of aliphatic hydroxyl groups is 3. The van der Waals surface area contributed by atoms with Crippen molar-refractivity contribution < 1.29 is 43.9 Å². The lowest BCUT2D eigenvalue weighted by molar-refractivity contribution is -0.241. The summed E-state index contributed by atoms with van der Waals surface area (Å²) in [5.74, 6) is -2.73. The second-order valence-corrected chi connectivity index (χ2v) is 7.02. The highest BCUT2D eigenvalue weighted by Crippen LogP contribution is 2.34. The van der Waals surface area contributed by atoms with Gasteiger partial charge in [-0.3, -0.25) is 23.9 Å². The highest BCUT2D eigenvalue weighted by molar-refractivity contribution is 5.90. The van der Waals surface area contributed by atoms with E-state index in [1.807, 2.05) is 4.98 Å². The minimum absolute atomic E-state index is 0.524. The van der Waals surface area contributed by atoms with Gasteiger partial charge in [-0.25, -0.2) is 4.79 Å². The molecule has 15 nitrogen and oxygen atoms in total. The van der Waals surface area contributed by atoms with Crippen LogP contribution in [-0.2, 0) is 28.5 Å². The van der Waals surface area contributed by atoms with E-state index in [4.69, 9.17) is 30.4 Å². The number of primary amides is 2. The van der Waals surface area contributed by atoms with Gasteiger partial charge in [0.2, 0.25) is 12.2 Å². The van der Waals surface area contributed by atoms with Crippen molar-refractivity contribution >= 4 is 11.8 Å². The van der Waals surface area contributed by atoms with Gasteiger partial charge in [0.15, 0.2) is 18.1 Å². The Hall–Kier alpha value is -3.08. The second kappa shape index (κ2) is 9.19. The first-order chi connectivity index (χ1) is 15.0. The Morgan fingerprint density at radius 1 is 1.22 bits per heavy atom. The molecular formula is C17H22N4O11. The average molecular weight is 458 g/mol. The van der Waals surface area contributed by atoms with E-state index in [1.54, 1.807) is 0 Å². The average Bonchev–Trinajstić information content (AvgIpc) is 3.04. The number of nitrogens with two attached hydrogens (primary N) is 2. The maximum atomic E-state index is 12.1. The molecule has 1 aromatic heterocycles. The number of amides is 2. The molecule has 1 saturated heterocycles. The molecular weight excluding hydrogens is 436 g/mol. The van der Waals surface area contributed by atoms with Crippen LogP contribution in [0.2, 0.25) is 0 Å². The van der Waals surface area contributed by atoms with Crippen molar-refractivity contribution in [2.45, 2.75) is 49.1 Å². The molecule has 32 heavy (non-hydrogen) atoms. The number of aromatic amines is 1. The molecule has 8 N–H and O–H groups in total. The molecule has 8 atom stereocenters. The van der Waals surface area contributed by atoms with Gasteiger partial charge in [-0.1, -0.05) is 0 Å². The van der Waals surface area contributed by atoms with Crippen LogP contribution in [0.25, 0.3) is 0 Å². The largest absolute Gasteiger partial charge is 0.456 e. The number of aliphatic hydroxyl groups excluding tert-OH is 3. The quantitative estimate of drug-likeness (QED) is 0.226. The highest BCUT2D eigenvalue weighted by atomic mass is 16.7. The van der Waals surface area contributed by atoms with E-state index in [0.29, 0.717) is 0 Å². The van der Waals surface area contributed by atoms with Crippen molar-refractivity contribution in [1.82, 2.24) is 9.55 Å². The fourth-order valence-corrected chi connectivity index (χ4v) is 3.40. The number of methoxy groups -OCH3 is 1. The molecule has 0 bridgehead atoms. The molecule has 0 aromatic carbocycles. The van der Waals surface area contributed by atoms with Crippen molar-refractivity contribution in [3.05, 3.63) is 44.9 Å². The Bertz CT molecular complexity index is 1020. The lowest BCUT2D eigenvalue weighted by atomic mass is 10.0. The van der Waals surface area contributed by atoms with E-state index < -0.39 is 78.0 Å². The van der Waals surface area contributed by atoms with E-state index in [2.05, 4.69) is 0 Å². The van der Waals surface area contributed by atoms with Gasteiger partial charge >= 0.3 is 5.69 Å². The van der Waals surface area contributed by atoms with E-state index in [9.17, 15) is 34.5 Å². The van der Waals surface area contributed by atoms with Crippen molar-refractivity contribution in [3.63, 3.8) is 0 Å². The normalized spacial score (nSPS) is 33.2. The van der Waals surface area contributed by atoms with Crippen LogP contribution < -0.4 is 22.7 Å². The minimum atomic E-state index is -1.77. The summed E-state index contributed by atoms with van der Waals surface area (Å²) >= 11 is 0. The minimum Gasteiger partial charge on any atom is -0.456 e. The smallest absolute Gasteiger partial charge is 0.330 e. The molecule has 0 radical (unpaired) electrons. The third-order valence-electron chi connectivity index (χ3n) is 4.94. The van der Waals surface area contributed by atoms with Crippen LogP contribution in [-0.4, -0.2) is 86.7 Å². The van der Waals surface area contributed by atoms with Gasteiger partial charge < -0.3 is 45.7 Å². The molecule has 0 unspecified atom stereocenters. The molecule has 0 aliphatic carbocycles. The Morgan fingerprint density at radius 3 is 2.47 bits per heavy atom. The number of rotatable bonds is 7. The van der Waals surface area contributed by atoms with E-state index in [-0.39, 0.29) is 0 Å². The third kappa shape index (κ3) is 4.43. The van der Waals surface area contributed by atoms with Crippen LogP contribution in [0.1, 0.15) is 6.23 Å². The fourth-order valence-electron chi connectivity index (χ4n) is 3.40. The van der Waals surface area contributed by atoms with Crippen LogP contribution >= 0.6 is 0 Å². The van der Waals surface area contributed by atoms with Gasteiger partial charge in [0.05, 0.1) is 0 Å². The van der Waals surface area contributed by atoms with Gasteiger partial charge in [-0.2, -0.15) is 0 Å². The summed E-state index contributed by atoms with van der Waals surface area (Å²) in [6, 6.07) is 1.01. The molecule has 2 aliphatic heterocycles. The van der Waals surface area contributed by atoms with E-state index >= 15 is 0 Å². The topological polar surface area (TPSA) is 239 Å². The lowest BCUT2D eigenvalue weighted by Gasteiger charge is -2.34. The number of hydrogen-bond donors (Lipinski definition) is 6. The predicted molar refractivity (Wildman–Crippen MR) is 100 cm³/mol. The van der Waals surface area contributed by atoms with Gasteiger partial charge in [-0.15, -0.1) is 0 Å². The number of aromatic nitrogens is 2. The van der Waals surface area contributed by atoms with Crippen LogP contribution in [0.15, 0.2) is 33.7 Å². The Morgan fingerprint density at radius 2 is 1.91 bits per heavy atom. The van der Waals surface area contributed by atoms with Crippen molar-refractivity contribution in [2.75, 3.05) is 7.11 Å². The van der Waals surface area contributed by atoms with Crippen LogP contribution in [0, 0.1) is 0 Å². The molecule has 0 saturated carbocycles. The molecule has 15 heteroatoms. The molecule has 0 spiro atoms. The molecule has 2 aliphatic rings. The summed E-state index contributed by atoms with van der Waals surface area (Å²) in [5.41, 5.74) is 8.93. The molecule has 3 rings (SSSR count). The number of nitrogens with zero attached hydrogens (tertiary/aromatic N) is 1. The number of carbonyl (C=O) groups is 2. The number of nitrogens with one attached hydrogen (secondary N) is 1. The van der Waals surface area contributed by atoms with Crippen molar-refractivity contribution in [1.29, 1.82) is 0 Å².